The minimum atomic E-state index is 1.16. The molecule has 0 aromatic rings. The summed E-state index contributed by atoms with van der Waals surface area (Å²) >= 11 is 0. The highest BCUT2D eigenvalue weighted by molar-refractivity contribution is 4.83. The van der Waals surface area contributed by atoms with Crippen LogP contribution in [0.3, 0.4) is 0 Å². The first kappa shape index (κ1) is 18.7. The summed E-state index contributed by atoms with van der Waals surface area (Å²) in [4.78, 5) is 0. The molecule has 0 heteroatoms. The Hall–Kier alpha value is -0.260. The molecule has 0 atom stereocenters. The second-order valence-electron chi connectivity index (χ2n) is 5.81. The SMILES string of the molecule is [CH]C=CCCCCCCCCCCCCCCCC. The molecular weight excluding hydrogens is 228 g/mol. The molecule has 0 aliphatic heterocycles. The zero-order valence-corrected chi connectivity index (χ0v) is 13.3. The minimum Gasteiger partial charge on any atom is -0.0882 e. The quantitative estimate of drug-likeness (QED) is 0.276. The molecule has 0 amide bonds. The molecule has 0 aliphatic carbocycles. The van der Waals surface area contributed by atoms with Crippen LogP contribution >= 0.6 is 0 Å². The van der Waals surface area contributed by atoms with E-state index in [1.54, 1.807) is 6.08 Å². The van der Waals surface area contributed by atoms with E-state index in [1.807, 2.05) is 0 Å². The van der Waals surface area contributed by atoms with Crippen molar-refractivity contribution in [3.8, 4) is 0 Å². The smallest absolute Gasteiger partial charge is 0.00958 e. The maximum Gasteiger partial charge on any atom is -0.00958 e. The fraction of sp³-hybridized carbons (Fsp3) is 0.842. The molecule has 0 unspecified atom stereocenters. The van der Waals surface area contributed by atoms with Gasteiger partial charge in [0, 0.05) is 0 Å². The van der Waals surface area contributed by atoms with Gasteiger partial charge < -0.3 is 0 Å². The van der Waals surface area contributed by atoms with Gasteiger partial charge in [0.15, 0.2) is 0 Å². The zero-order chi connectivity index (χ0) is 14.0. The van der Waals surface area contributed by atoms with Gasteiger partial charge in [-0.1, -0.05) is 103 Å². The van der Waals surface area contributed by atoms with Crippen LogP contribution in [0.5, 0.6) is 0 Å². The van der Waals surface area contributed by atoms with Crippen molar-refractivity contribution in [1.29, 1.82) is 0 Å². The lowest BCUT2D eigenvalue weighted by molar-refractivity contribution is 0.536. The Morgan fingerprint density at radius 2 is 0.947 bits per heavy atom. The second-order valence-corrected chi connectivity index (χ2v) is 5.81. The Morgan fingerprint density at radius 3 is 1.32 bits per heavy atom. The molecule has 0 saturated heterocycles. The molecule has 112 valence electrons. The predicted octanol–water partition coefficient (Wildman–Crippen LogP) is 7.13. The van der Waals surface area contributed by atoms with Crippen molar-refractivity contribution < 1.29 is 0 Å². The van der Waals surface area contributed by atoms with Crippen LogP contribution in [-0.4, -0.2) is 0 Å². The van der Waals surface area contributed by atoms with Gasteiger partial charge in [-0.3, -0.25) is 0 Å². The summed E-state index contributed by atoms with van der Waals surface area (Å²) in [7, 11) is 0. The topological polar surface area (TPSA) is 0 Å². The molecule has 0 aliphatic rings. The van der Waals surface area contributed by atoms with Gasteiger partial charge in [-0.25, -0.2) is 0 Å². The van der Waals surface area contributed by atoms with Crippen LogP contribution in [-0.2, 0) is 0 Å². The van der Waals surface area contributed by atoms with Crippen LogP contribution < -0.4 is 0 Å². The number of rotatable bonds is 15. The van der Waals surface area contributed by atoms with E-state index in [2.05, 4.69) is 13.0 Å². The van der Waals surface area contributed by atoms with Gasteiger partial charge in [-0.15, -0.1) is 0 Å². The summed E-state index contributed by atoms with van der Waals surface area (Å²) in [5, 5.41) is 0. The molecule has 0 aromatic heterocycles. The summed E-state index contributed by atoms with van der Waals surface area (Å²) < 4.78 is 0. The third-order valence-electron chi connectivity index (χ3n) is 3.86. The summed E-state index contributed by atoms with van der Waals surface area (Å²) in [6.45, 7) is 7.59. The first-order valence-corrected chi connectivity index (χ1v) is 8.78. The van der Waals surface area contributed by atoms with Crippen molar-refractivity contribution >= 4 is 0 Å². The lowest BCUT2D eigenvalue weighted by atomic mass is 10.0. The van der Waals surface area contributed by atoms with E-state index < -0.39 is 0 Å². The maximum atomic E-state index is 5.30. The van der Waals surface area contributed by atoms with Gasteiger partial charge in [0.25, 0.3) is 0 Å². The van der Waals surface area contributed by atoms with Gasteiger partial charge in [0.05, 0.1) is 0 Å². The highest BCUT2D eigenvalue weighted by Gasteiger charge is 1.93. The van der Waals surface area contributed by atoms with E-state index in [4.69, 9.17) is 6.92 Å². The van der Waals surface area contributed by atoms with Crippen LogP contribution in [0.15, 0.2) is 12.2 Å². The lowest BCUT2D eigenvalue weighted by Crippen LogP contribution is -1.83. The van der Waals surface area contributed by atoms with Gasteiger partial charge in [0.2, 0.25) is 0 Å². The first-order chi connectivity index (χ1) is 9.41. The molecule has 0 heterocycles. The molecule has 0 nitrogen and oxygen atoms in total. The van der Waals surface area contributed by atoms with Crippen LogP contribution in [0.1, 0.15) is 103 Å². The molecule has 0 bridgehead atoms. The van der Waals surface area contributed by atoms with E-state index in [-0.39, 0.29) is 0 Å². The molecule has 0 fully saturated rings. The summed E-state index contributed by atoms with van der Waals surface area (Å²) in [6.07, 6.45) is 24.9. The van der Waals surface area contributed by atoms with Crippen LogP contribution in [0.2, 0.25) is 0 Å². The molecule has 0 rings (SSSR count). The molecule has 0 N–H and O–H groups in total. The predicted molar refractivity (Wildman–Crippen MR) is 88.4 cm³/mol. The van der Waals surface area contributed by atoms with Crippen molar-refractivity contribution in [1.82, 2.24) is 0 Å². The van der Waals surface area contributed by atoms with E-state index >= 15 is 0 Å². The lowest BCUT2D eigenvalue weighted by Gasteiger charge is -2.02. The second kappa shape index (κ2) is 17.7. The minimum absolute atomic E-state index is 1.16. The normalized spacial score (nSPS) is 11.5. The zero-order valence-electron chi connectivity index (χ0n) is 13.3. The fourth-order valence-electron chi connectivity index (χ4n) is 2.55. The number of hydrogen-bond acceptors (Lipinski definition) is 0. The maximum absolute atomic E-state index is 5.30. The van der Waals surface area contributed by atoms with Crippen molar-refractivity contribution in [2.45, 2.75) is 103 Å². The average Bonchev–Trinajstić information content (AvgIpc) is 2.43. The third-order valence-corrected chi connectivity index (χ3v) is 3.86. The van der Waals surface area contributed by atoms with Crippen LogP contribution in [0, 0.1) is 6.92 Å². The summed E-state index contributed by atoms with van der Waals surface area (Å²) in [6, 6.07) is 0. The van der Waals surface area contributed by atoms with Crippen molar-refractivity contribution in [3.05, 3.63) is 19.1 Å². The Balaban J connectivity index is 2.91. The van der Waals surface area contributed by atoms with Crippen LogP contribution in [0.4, 0.5) is 0 Å². The summed E-state index contributed by atoms with van der Waals surface area (Å²) in [5.41, 5.74) is 0. The van der Waals surface area contributed by atoms with E-state index in [1.165, 1.54) is 89.9 Å². The fourth-order valence-corrected chi connectivity index (χ4v) is 2.55. The van der Waals surface area contributed by atoms with Gasteiger partial charge in [0.1, 0.15) is 0 Å². The van der Waals surface area contributed by atoms with Gasteiger partial charge in [-0.05, 0) is 19.8 Å². The van der Waals surface area contributed by atoms with Crippen molar-refractivity contribution in [2.24, 2.45) is 0 Å². The van der Waals surface area contributed by atoms with Gasteiger partial charge >= 0.3 is 0 Å². The molecular formula is C19H36. The highest BCUT2D eigenvalue weighted by atomic mass is 14.0. The third kappa shape index (κ3) is 17.7. The van der Waals surface area contributed by atoms with Gasteiger partial charge in [-0.2, -0.15) is 0 Å². The average molecular weight is 264 g/mol. The molecule has 0 aromatic carbocycles. The Bertz CT molecular complexity index is 169. The Labute approximate surface area is 123 Å². The molecule has 0 spiro atoms. The standard InChI is InChI=1S/C19H36/c1-3-5-7-9-11-13-15-17-19-18-16-14-12-10-8-6-4-2/h1,3,5H,4,6-19H2,2H3. The van der Waals surface area contributed by atoms with E-state index in [0.29, 0.717) is 0 Å². The molecule has 19 heavy (non-hydrogen) atoms. The van der Waals surface area contributed by atoms with E-state index in [9.17, 15) is 0 Å². The molecule has 0 saturated carbocycles. The number of allylic oxidation sites excluding steroid dienone is 2. The van der Waals surface area contributed by atoms with Crippen LogP contribution in [0.25, 0.3) is 0 Å². The molecule has 2 radical (unpaired) electrons. The Kier molecular flexibility index (Phi) is 17.5. The van der Waals surface area contributed by atoms with Crippen molar-refractivity contribution in [3.63, 3.8) is 0 Å². The summed E-state index contributed by atoms with van der Waals surface area (Å²) in [5.74, 6) is 0. The largest absolute Gasteiger partial charge is 0.0882 e. The van der Waals surface area contributed by atoms with Crippen molar-refractivity contribution in [2.75, 3.05) is 0 Å². The van der Waals surface area contributed by atoms with E-state index in [0.717, 1.165) is 6.42 Å². The number of hydrogen-bond donors (Lipinski definition) is 0. The monoisotopic (exact) mass is 264 g/mol. The first-order valence-electron chi connectivity index (χ1n) is 8.78. The Morgan fingerprint density at radius 1 is 0.579 bits per heavy atom. The number of unbranched alkanes of at least 4 members (excludes halogenated alkanes) is 14. The highest BCUT2D eigenvalue weighted by Crippen LogP contribution is 2.13.